The van der Waals surface area contributed by atoms with Gasteiger partial charge >= 0.3 is 0 Å². The molecule has 15 nitrogen and oxygen atoms in total. The van der Waals surface area contributed by atoms with Crippen molar-refractivity contribution < 1.29 is 44.7 Å². The van der Waals surface area contributed by atoms with Crippen LogP contribution in [0, 0.1) is 5.92 Å². The number of likely N-dealkylation sites (N-methyl/N-ethyl adjacent to an activating group) is 1. The Labute approximate surface area is 259 Å². The van der Waals surface area contributed by atoms with E-state index in [1.165, 1.54) is 25.1 Å². The van der Waals surface area contributed by atoms with Crippen LogP contribution < -0.4 is 21.4 Å². The summed E-state index contributed by atoms with van der Waals surface area (Å²) in [5, 5.41) is 62.2. The van der Waals surface area contributed by atoms with Gasteiger partial charge in [-0.25, -0.2) is 10.4 Å². The number of nitrogens with one attached hydrogen (secondary N) is 2. The molecule has 0 radical (unpaired) electrons. The highest BCUT2D eigenvalue weighted by molar-refractivity contribution is 6.25. The Morgan fingerprint density at radius 3 is 2.29 bits per heavy atom. The van der Waals surface area contributed by atoms with E-state index in [4.69, 9.17) is 5.73 Å². The first-order chi connectivity index (χ1) is 21.1. The second-order valence-electron chi connectivity index (χ2n) is 12.6. The van der Waals surface area contributed by atoms with Gasteiger partial charge in [-0.1, -0.05) is 6.42 Å². The summed E-state index contributed by atoms with van der Waals surface area (Å²) in [7, 11) is 6.25. The molecule has 244 valence electrons. The van der Waals surface area contributed by atoms with E-state index >= 15 is 0 Å². The average Bonchev–Trinajstić information content (AvgIpc) is 2.95. The maximum atomic E-state index is 14.2. The molecule has 0 saturated carbocycles. The van der Waals surface area contributed by atoms with Gasteiger partial charge < -0.3 is 41.5 Å². The van der Waals surface area contributed by atoms with Crippen LogP contribution in [-0.4, -0.2) is 124 Å². The van der Waals surface area contributed by atoms with Gasteiger partial charge in [-0.15, -0.1) is 0 Å². The molecule has 45 heavy (non-hydrogen) atoms. The molecule has 2 unspecified atom stereocenters. The number of hydrazine groups is 1. The Morgan fingerprint density at radius 1 is 1.07 bits per heavy atom. The Hall–Kier alpha value is -4.02. The van der Waals surface area contributed by atoms with Crippen LogP contribution in [0.2, 0.25) is 0 Å². The van der Waals surface area contributed by atoms with Crippen LogP contribution in [0.3, 0.4) is 0 Å². The standard InChI is InChI=1S/C30H40N6O9/c1-34(2)17-11-16(33-18(37)13-32-36-8-6-5-7-9-36)22(38)20-15(17)10-14-12-29(44)25(35(3)4)24(40)21(28(31)43)27(42)30(29,45)26(41)19(14)23(20)39/h11,14,25,32,38,40-41,44-45H,5-10,12-13H2,1-4H3,(H2,31,43)(H,33,37)/t14?,25-,29?,30+/m0/s1. The SMILES string of the molecule is CN(C)c1cc(NC(=O)CNN2CCCCC2)c(O)c2c1CC1CC3(O)[C@@H](N(C)C)C(O)=C(C(N)=O)C(=O)[C@]3(O)C(O)=C1C2=O. The van der Waals surface area contributed by atoms with Crippen LogP contribution in [0.1, 0.15) is 41.6 Å². The van der Waals surface area contributed by atoms with Gasteiger partial charge in [0.1, 0.15) is 28.7 Å². The third kappa shape index (κ3) is 4.86. The number of phenols is 1. The molecule has 1 saturated heterocycles. The predicted octanol–water partition coefficient (Wildman–Crippen LogP) is -0.769. The molecule has 3 aliphatic carbocycles. The predicted molar refractivity (Wildman–Crippen MR) is 162 cm³/mol. The minimum absolute atomic E-state index is 0.0356. The molecule has 9 N–H and O–H groups in total. The number of allylic oxidation sites excluding steroid dienone is 1. The van der Waals surface area contributed by atoms with Crippen molar-refractivity contribution in [2.24, 2.45) is 11.7 Å². The molecule has 1 aromatic carbocycles. The maximum Gasteiger partial charge on any atom is 0.255 e. The van der Waals surface area contributed by atoms with E-state index in [9.17, 15) is 44.7 Å². The zero-order valence-corrected chi connectivity index (χ0v) is 25.7. The number of hydrogen-bond acceptors (Lipinski definition) is 13. The highest BCUT2D eigenvalue weighted by atomic mass is 16.4. The number of phenolic OH excluding ortho intramolecular Hbond substituents is 1. The third-order valence-electron chi connectivity index (χ3n) is 9.36. The molecular formula is C30H40N6O9. The Kier molecular flexibility index (Phi) is 8.21. The Morgan fingerprint density at radius 2 is 1.71 bits per heavy atom. The Balaban J connectivity index is 1.59. The number of carbonyl (C=O) groups is 4. The molecule has 1 aliphatic heterocycles. The number of fused-ring (bicyclic) bond motifs is 3. The lowest BCUT2D eigenvalue weighted by Crippen LogP contribution is -2.75. The smallest absolute Gasteiger partial charge is 0.255 e. The second kappa shape index (κ2) is 11.4. The number of carbonyl (C=O) groups excluding carboxylic acids is 4. The van der Waals surface area contributed by atoms with Crippen molar-refractivity contribution in [1.82, 2.24) is 15.3 Å². The van der Waals surface area contributed by atoms with Crippen molar-refractivity contribution in [3.8, 4) is 5.75 Å². The van der Waals surface area contributed by atoms with Crippen LogP contribution in [0.4, 0.5) is 11.4 Å². The molecule has 2 amide bonds. The topological polar surface area (TPSA) is 229 Å². The molecular weight excluding hydrogens is 588 g/mol. The molecule has 1 heterocycles. The molecule has 4 atom stereocenters. The van der Waals surface area contributed by atoms with Crippen molar-refractivity contribution in [2.75, 3.05) is 58.0 Å². The van der Waals surface area contributed by atoms with E-state index in [1.807, 2.05) is 5.01 Å². The maximum absolute atomic E-state index is 14.2. The number of piperidine rings is 1. The Bertz CT molecular complexity index is 1550. The van der Waals surface area contributed by atoms with E-state index in [0.717, 1.165) is 32.4 Å². The molecule has 1 aromatic rings. The van der Waals surface area contributed by atoms with E-state index in [1.54, 1.807) is 19.0 Å². The van der Waals surface area contributed by atoms with Gasteiger partial charge in [-0.2, -0.15) is 0 Å². The van der Waals surface area contributed by atoms with E-state index < -0.39 is 81.4 Å². The summed E-state index contributed by atoms with van der Waals surface area (Å²) in [4.78, 5) is 55.7. The third-order valence-corrected chi connectivity index (χ3v) is 9.36. The van der Waals surface area contributed by atoms with Crippen molar-refractivity contribution in [3.63, 3.8) is 0 Å². The number of aliphatic hydroxyl groups excluding tert-OH is 2. The molecule has 0 aromatic heterocycles. The number of hydrogen-bond donors (Lipinski definition) is 8. The highest BCUT2D eigenvalue weighted by Crippen LogP contribution is 2.55. The van der Waals surface area contributed by atoms with E-state index in [2.05, 4.69) is 10.7 Å². The number of anilines is 2. The minimum Gasteiger partial charge on any atom is -0.510 e. The zero-order chi connectivity index (χ0) is 33.2. The van der Waals surface area contributed by atoms with Gasteiger partial charge in [-0.3, -0.25) is 24.1 Å². The van der Waals surface area contributed by atoms with Crippen LogP contribution in [0.5, 0.6) is 5.75 Å². The largest absolute Gasteiger partial charge is 0.510 e. The number of rotatable bonds is 7. The van der Waals surface area contributed by atoms with Gasteiger partial charge in [0.15, 0.2) is 11.5 Å². The molecule has 0 bridgehead atoms. The zero-order valence-electron chi connectivity index (χ0n) is 25.7. The van der Waals surface area contributed by atoms with Crippen LogP contribution in [-0.2, 0) is 20.8 Å². The molecule has 15 heteroatoms. The number of amides is 2. The van der Waals surface area contributed by atoms with E-state index in [-0.39, 0.29) is 24.2 Å². The number of aromatic hydroxyl groups is 1. The number of primary amides is 1. The normalized spacial score (nSPS) is 28.5. The fourth-order valence-electron chi connectivity index (χ4n) is 7.32. The quantitative estimate of drug-likeness (QED) is 0.137. The monoisotopic (exact) mass is 628 g/mol. The number of aliphatic hydroxyl groups is 4. The van der Waals surface area contributed by atoms with E-state index in [0.29, 0.717) is 11.3 Å². The van der Waals surface area contributed by atoms with Gasteiger partial charge in [-0.05, 0) is 57.3 Å². The van der Waals surface area contributed by atoms with Crippen LogP contribution in [0.15, 0.2) is 28.7 Å². The summed E-state index contributed by atoms with van der Waals surface area (Å²) in [6, 6.07) is -0.0517. The lowest BCUT2D eigenvalue weighted by atomic mass is 9.56. The fraction of sp³-hybridized carbons (Fsp3) is 0.533. The second-order valence-corrected chi connectivity index (χ2v) is 12.6. The van der Waals surface area contributed by atoms with Gasteiger partial charge in [0.05, 0.1) is 17.8 Å². The van der Waals surface area contributed by atoms with Crippen molar-refractivity contribution in [2.45, 2.75) is 49.3 Å². The fourth-order valence-corrected chi connectivity index (χ4v) is 7.32. The number of ketones is 2. The lowest BCUT2D eigenvalue weighted by molar-refractivity contribution is -0.199. The molecule has 1 fully saturated rings. The summed E-state index contributed by atoms with van der Waals surface area (Å²) in [6.45, 7) is 1.51. The number of benzene rings is 1. The van der Waals surface area contributed by atoms with Crippen LogP contribution >= 0.6 is 0 Å². The van der Waals surface area contributed by atoms with Crippen molar-refractivity contribution in [3.05, 3.63) is 39.9 Å². The summed E-state index contributed by atoms with van der Waals surface area (Å²) in [5.41, 5.74) is 1.62. The number of nitrogens with two attached hydrogens (primary N) is 1. The van der Waals surface area contributed by atoms with Crippen molar-refractivity contribution in [1.29, 1.82) is 0 Å². The van der Waals surface area contributed by atoms with Crippen molar-refractivity contribution >= 4 is 34.8 Å². The first-order valence-electron chi connectivity index (χ1n) is 14.8. The number of Topliss-reactive ketones (excluding diaryl/α,β-unsaturated/α-hetero) is 2. The average molecular weight is 629 g/mol. The first-order valence-corrected chi connectivity index (χ1v) is 14.8. The summed E-state index contributed by atoms with van der Waals surface area (Å²) in [5.74, 6) is -8.01. The molecule has 5 rings (SSSR count). The highest BCUT2D eigenvalue weighted by Gasteiger charge is 2.71. The first kappa shape index (κ1) is 32.4. The van der Waals surface area contributed by atoms with Gasteiger partial charge in [0, 0.05) is 38.4 Å². The summed E-state index contributed by atoms with van der Waals surface area (Å²) < 4.78 is 0. The summed E-state index contributed by atoms with van der Waals surface area (Å²) in [6.07, 6.45) is 2.61. The van der Waals surface area contributed by atoms with Gasteiger partial charge in [0.2, 0.25) is 17.3 Å². The molecule has 0 spiro atoms. The lowest BCUT2D eigenvalue weighted by Gasteiger charge is -2.55. The summed E-state index contributed by atoms with van der Waals surface area (Å²) >= 11 is 0. The minimum atomic E-state index is -3.23. The number of nitrogens with zero attached hydrogens (tertiary/aromatic N) is 3. The van der Waals surface area contributed by atoms with Gasteiger partial charge in [0.25, 0.3) is 5.91 Å². The molecule has 4 aliphatic rings. The van der Waals surface area contributed by atoms with Crippen LogP contribution in [0.25, 0.3) is 0 Å².